The number of benzene rings is 1. The minimum atomic E-state index is 0.224. The van der Waals surface area contributed by atoms with Crippen molar-refractivity contribution in [2.24, 2.45) is 0 Å². The normalized spacial score (nSPS) is 10.9. The van der Waals surface area contributed by atoms with Gasteiger partial charge in [-0.2, -0.15) is 0 Å². The van der Waals surface area contributed by atoms with Gasteiger partial charge in [-0.15, -0.1) is 0 Å². The molecule has 1 aromatic heterocycles. The molecular weight excluding hydrogens is 340 g/mol. The van der Waals surface area contributed by atoms with Gasteiger partial charge in [0.05, 0.1) is 16.1 Å². The van der Waals surface area contributed by atoms with E-state index in [2.05, 4.69) is 31.9 Å². The van der Waals surface area contributed by atoms with E-state index in [9.17, 15) is 0 Å². The molecule has 0 aliphatic carbocycles. The summed E-state index contributed by atoms with van der Waals surface area (Å²) in [5, 5.41) is 1.66. The molecule has 0 spiro atoms. The number of hydrogen-bond acceptors (Lipinski definition) is 3. The molecule has 0 atom stereocenters. The Morgan fingerprint density at radius 2 is 2.25 bits per heavy atom. The first-order valence-corrected chi connectivity index (χ1v) is 6.55. The summed E-state index contributed by atoms with van der Waals surface area (Å²) in [6.45, 7) is 0.224. The van der Waals surface area contributed by atoms with Gasteiger partial charge in [-0.05, 0) is 28.1 Å². The topological polar surface area (TPSA) is 31.6 Å². The van der Waals surface area contributed by atoms with Gasteiger partial charge in [0, 0.05) is 18.0 Å². The van der Waals surface area contributed by atoms with Crippen LogP contribution in [0.25, 0.3) is 11.0 Å². The second-order valence-electron chi connectivity index (χ2n) is 3.19. The van der Waals surface area contributed by atoms with Crippen molar-refractivity contribution < 1.29 is 13.9 Å². The highest BCUT2D eigenvalue weighted by Gasteiger charge is 2.13. The molecule has 3 nitrogen and oxygen atoms in total. The van der Waals surface area contributed by atoms with Gasteiger partial charge in [0.15, 0.2) is 12.4 Å². The Morgan fingerprint density at radius 1 is 1.44 bits per heavy atom. The molecule has 0 aliphatic rings. The van der Waals surface area contributed by atoms with E-state index in [1.54, 1.807) is 13.4 Å². The van der Waals surface area contributed by atoms with Crippen molar-refractivity contribution in [2.75, 3.05) is 13.9 Å². The Morgan fingerprint density at radius 3 is 2.94 bits per heavy atom. The van der Waals surface area contributed by atoms with E-state index in [1.165, 1.54) is 0 Å². The lowest BCUT2D eigenvalue weighted by Crippen LogP contribution is -2.01. The molecule has 2 aromatic rings. The van der Waals surface area contributed by atoms with Crippen LogP contribution in [-0.2, 0) is 10.1 Å². The van der Waals surface area contributed by atoms with Crippen LogP contribution >= 0.6 is 31.9 Å². The SMILES string of the molecule is COCOc1c(CBr)cc(Br)c2occc12. The van der Waals surface area contributed by atoms with Crippen molar-refractivity contribution in [2.45, 2.75) is 5.33 Å². The van der Waals surface area contributed by atoms with Crippen molar-refractivity contribution in [3.05, 3.63) is 28.4 Å². The van der Waals surface area contributed by atoms with Gasteiger partial charge < -0.3 is 13.9 Å². The van der Waals surface area contributed by atoms with E-state index in [1.807, 2.05) is 12.1 Å². The van der Waals surface area contributed by atoms with Crippen LogP contribution in [0.1, 0.15) is 5.56 Å². The van der Waals surface area contributed by atoms with Gasteiger partial charge in [-0.1, -0.05) is 15.9 Å². The van der Waals surface area contributed by atoms with Crippen LogP contribution in [0.2, 0.25) is 0 Å². The predicted octanol–water partition coefficient (Wildman–Crippen LogP) is 4.07. The number of ether oxygens (including phenoxy) is 2. The molecule has 2 rings (SSSR count). The summed E-state index contributed by atoms with van der Waals surface area (Å²) in [6, 6.07) is 3.86. The minimum absolute atomic E-state index is 0.224. The quantitative estimate of drug-likeness (QED) is 0.615. The van der Waals surface area contributed by atoms with Crippen LogP contribution in [0.15, 0.2) is 27.3 Å². The molecule has 1 aromatic carbocycles. The number of furan rings is 1. The third-order valence-electron chi connectivity index (χ3n) is 2.18. The second-order valence-corrected chi connectivity index (χ2v) is 4.61. The monoisotopic (exact) mass is 348 g/mol. The second kappa shape index (κ2) is 5.21. The first-order valence-electron chi connectivity index (χ1n) is 4.64. The van der Waals surface area contributed by atoms with Crippen LogP contribution in [0, 0.1) is 0 Å². The lowest BCUT2D eigenvalue weighted by atomic mass is 10.1. The first-order chi connectivity index (χ1) is 7.77. The number of halogens is 2. The number of hydrogen-bond donors (Lipinski definition) is 0. The lowest BCUT2D eigenvalue weighted by molar-refractivity contribution is 0.0517. The third kappa shape index (κ3) is 2.12. The van der Waals surface area contributed by atoms with E-state index in [0.29, 0.717) is 5.33 Å². The molecule has 86 valence electrons. The van der Waals surface area contributed by atoms with Crippen molar-refractivity contribution in [1.29, 1.82) is 0 Å². The van der Waals surface area contributed by atoms with Crippen molar-refractivity contribution in [3.8, 4) is 5.75 Å². The fourth-order valence-electron chi connectivity index (χ4n) is 1.52. The average Bonchev–Trinajstić information content (AvgIpc) is 2.77. The molecule has 0 amide bonds. The van der Waals surface area contributed by atoms with Gasteiger partial charge >= 0.3 is 0 Å². The molecule has 0 saturated heterocycles. The molecule has 16 heavy (non-hydrogen) atoms. The molecule has 0 aliphatic heterocycles. The summed E-state index contributed by atoms with van der Waals surface area (Å²) < 4.78 is 16.8. The van der Waals surface area contributed by atoms with Gasteiger partial charge in [0.2, 0.25) is 0 Å². The van der Waals surface area contributed by atoms with Crippen LogP contribution in [0.5, 0.6) is 5.75 Å². The Hall–Kier alpha value is -0.520. The standard InChI is InChI=1S/C11H10Br2O3/c1-14-6-16-10-7(5-12)4-9(13)11-8(10)2-3-15-11/h2-4H,5-6H2,1H3. The van der Waals surface area contributed by atoms with E-state index in [0.717, 1.165) is 26.8 Å². The molecular formula is C11H10Br2O3. The molecule has 1 heterocycles. The van der Waals surface area contributed by atoms with E-state index < -0.39 is 0 Å². The molecule has 0 bridgehead atoms. The summed E-state index contributed by atoms with van der Waals surface area (Å²) in [5.41, 5.74) is 1.84. The highest BCUT2D eigenvalue weighted by Crippen LogP contribution is 2.37. The number of alkyl halides is 1. The highest BCUT2D eigenvalue weighted by atomic mass is 79.9. The summed E-state index contributed by atoms with van der Waals surface area (Å²) in [6.07, 6.45) is 1.65. The van der Waals surface area contributed by atoms with Crippen LogP contribution in [0.4, 0.5) is 0 Å². The molecule has 5 heteroatoms. The molecule has 0 unspecified atom stereocenters. The Kier molecular flexibility index (Phi) is 3.89. The summed E-state index contributed by atoms with van der Waals surface area (Å²) in [4.78, 5) is 0. The van der Waals surface area contributed by atoms with Crippen molar-refractivity contribution in [3.63, 3.8) is 0 Å². The third-order valence-corrected chi connectivity index (χ3v) is 3.38. The maximum absolute atomic E-state index is 5.57. The van der Waals surface area contributed by atoms with Gasteiger partial charge in [0.1, 0.15) is 5.75 Å². The van der Waals surface area contributed by atoms with Crippen molar-refractivity contribution >= 4 is 42.8 Å². The predicted molar refractivity (Wildman–Crippen MR) is 69.0 cm³/mol. The van der Waals surface area contributed by atoms with Crippen LogP contribution in [-0.4, -0.2) is 13.9 Å². The zero-order chi connectivity index (χ0) is 11.5. The van der Waals surface area contributed by atoms with E-state index in [-0.39, 0.29) is 6.79 Å². The van der Waals surface area contributed by atoms with Crippen LogP contribution in [0.3, 0.4) is 0 Å². The molecule has 0 fully saturated rings. The molecule has 0 N–H and O–H groups in total. The van der Waals surface area contributed by atoms with E-state index >= 15 is 0 Å². The van der Waals surface area contributed by atoms with Crippen molar-refractivity contribution in [1.82, 2.24) is 0 Å². The zero-order valence-electron chi connectivity index (χ0n) is 8.63. The highest BCUT2D eigenvalue weighted by molar-refractivity contribution is 9.10. The molecule has 0 radical (unpaired) electrons. The largest absolute Gasteiger partial charge is 0.466 e. The zero-order valence-corrected chi connectivity index (χ0v) is 11.8. The maximum atomic E-state index is 5.57. The summed E-state index contributed by atoms with van der Waals surface area (Å²) in [5.74, 6) is 0.797. The van der Waals surface area contributed by atoms with Gasteiger partial charge in [0.25, 0.3) is 0 Å². The Bertz CT molecular complexity index is 493. The summed E-state index contributed by atoms with van der Waals surface area (Å²) >= 11 is 6.90. The number of fused-ring (bicyclic) bond motifs is 1. The number of rotatable bonds is 4. The minimum Gasteiger partial charge on any atom is -0.466 e. The van der Waals surface area contributed by atoms with E-state index in [4.69, 9.17) is 13.9 Å². The smallest absolute Gasteiger partial charge is 0.188 e. The van der Waals surface area contributed by atoms with Gasteiger partial charge in [-0.25, -0.2) is 0 Å². The van der Waals surface area contributed by atoms with Gasteiger partial charge in [-0.3, -0.25) is 0 Å². The average molecular weight is 350 g/mol. The summed E-state index contributed by atoms with van der Waals surface area (Å²) in [7, 11) is 1.60. The number of methoxy groups -OCH3 is 1. The first kappa shape index (κ1) is 12.0. The fraction of sp³-hybridized carbons (Fsp3) is 0.273. The maximum Gasteiger partial charge on any atom is 0.188 e. The Balaban J connectivity index is 2.57. The lowest BCUT2D eigenvalue weighted by Gasteiger charge is -2.10. The Labute approximate surface area is 110 Å². The fourth-order valence-corrected chi connectivity index (χ4v) is 2.52. The van der Waals surface area contributed by atoms with Crippen LogP contribution < -0.4 is 4.74 Å². The molecule has 0 saturated carbocycles.